The molecular weight excluding hydrogens is 280 g/mol. The maximum Gasteiger partial charge on any atom is 0.172 e. The molecule has 0 spiro atoms. The number of hydrogen-bond donors (Lipinski definition) is 0. The number of hydrogen-bond acceptors (Lipinski definition) is 2. The molecule has 0 N–H and O–H groups in total. The third kappa shape index (κ3) is 3.86. The van der Waals surface area contributed by atoms with Crippen molar-refractivity contribution in [1.82, 2.24) is 4.90 Å². The molecule has 4 heteroatoms. The van der Waals surface area contributed by atoms with Crippen molar-refractivity contribution < 1.29 is 4.21 Å². The third-order valence-corrected chi connectivity index (χ3v) is 4.53. The Balaban J connectivity index is 1.54. The fourth-order valence-electron chi connectivity index (χ4n) is 2.18. The molecule has 1 fully saturated rings. The lowest BCUT2D eigenvalue weighted by Crippen LogP contribution is -2.03. The maximum atomic E-state index is 12.0. The Hall–Kier alpha value is -1.78. The molecule has 3 atom stereocenters. The maximum absolute atomic E-state index is 12.0. The average molecular weight is 298 g/mol. The number of aryl methyl sites for hydroxylation is 1. The van der Waals surface area contributed by atoms with E-state index in [9.17, 15) is 4.21 Å². The Morgan fingerprint density at radius 1 is 1.19 bits per heavy atom. The van der Waals surface area contributed by atoms with Crippen molar-refractivity contribution in [3.8, 4) is 0 Å². The minimum absolute atomic E-state index is 0.319. The van der Waals surface area contributed by atoms with E-state index in [4.69, 9.17) is 0 Å². The third-order valence-electron chi connectivity index (χ3n) is 3.54. The van der Waals surface area contributed by atoms with E-state index >= 15 is 0 Å². The topological polar surface area (TPSA) is 32.4 Å². The van der Waals surface area contributed by atoms with Crippen molar-refractivity contribution in [3.05, 3.63) is 65.7 Å². The second-order valence-corrected chi connectivity index (χ2v) is 6.48. The van der Waals surface area contributed by atoms with Gasteiger partial charge in [-0.15, -0.1) is 0 Å². The van der Waals surface area contributed by atoms with Gasteiger partial charge >= 0.3 is 0 Å². The average Bonchev–Trinajstić information content (AvgIpc) is 3.24. The van der Waals surface area contributed by atoms with Gasteiger partial charge in [0.2, 0.25) is 0 Å². The highest BCUT2D eigenvalue weighted by atomic mass is 32.2. The summed E-state index contributed by atoms with van der Waals surface area (Å²) in [6.45, 7) is 3.93. The molecule has 0 bridgehead atoms. The van der Waals surface area contributed by atoms with Crippen LogP contribution in [0.4, 0.5) is 0 Å². The molecule has 2 aromatic rings. The van der Waals surface area contributed by atoms with E-state index in [0.717, 1.165) is 23.5 Å². The minimum atomic E-state index is -1.29. The van der Waals surface area contributed by atoms with Gasteiger partial charge in [0.1, 0.15) is 0 Å². The van der Waals surface area contributed by atoms with Crippen LogP contribution < -0.4 is 0 Å². The molecule has 0 saturated carbocycles. The van der Waals surface area contributed by atoms with Crippen LogP contribution in [-0.2, 0) is 17.5 Å². The second kappa shape index (κ2) is 6.33. The number of nitrogens with zero attached hydrogens (tertiary/aromatic N) is 2. The number of benzene rings is 2. The Morgan fingerprint density at radius 2 is 1.90 bits per heavy atom. The van der Waals surface area contributed by atoms with E-state index in [2.05, 4.69) is 21.4 Å². The summed E-state index contributed by atoms with van der Waals surface area (Å²) >= 11 is 0. The van der Waals surface area contributed by atoms with Crippen molar-refractivity contribution in [2.75, 3.05) is 6.54 Å². The van der Waals surface area contributed by atoms with Gasteiger partial charge in [-0.05, 0) is 24.6 Å². The molecule has 1 heterocycles. The van der Waals surface area contributed by atoms with Crippen LogP contribution in [0.15, 0.2) is 63.9 Å². The van der Waals surface area contributed by atoms with E-state index in [1.54, 1.807) is 0 Å². The first kappa shape index (κ1) is 14.2. The Morgan fingerprint density at radius 3 is 2.62 bits per heavy atom. The van der Waals surface area contributed by atoms with Gasteiger partial charge in [0.05, 0.1) is 10.9 Å². The lowest BCUT2D eigenvalue weighted by molar-refractivity contribution is 0.539. The molecular formula is C17H18N2OS. The highest BCUT2D eigenvalue weighted by molar-refractivity contribution is 7.83. The molecule has 1 aliphatic rings. The molecule has 3 nitrogen and oxygen atoms in total. The molecule has 1 saturated heterocycles. The molecule has 1 unspecified atom stereocenters. The minimum Gasteiger partial charge on any atom is -0.288 e. The van der Waals surface area contributed by atoms with Gasteiger partial charge in [-0.2, -0.15) is 4.40 Å². The Bertz CT molecular complexity index is 652. The summed E-state index contributed by atoms with van der Waals surface area (Å²) in [5.74, 6) is 0. The summed E-state index contributed by atoms with van der Waals surface area (Å²) < 4.78 is 16.2. The van der Waals surface area contributed by atoms with Crippen LogP contribution in [0.1, 0.15) is 11.1 Å². The van der Waals surface area contributed by atoms with E-state index in [1.165, 1.54) is 5.56 Å². The second-order valence-electron chi connectivity index (χ2n) is 5.30. The van der Waals surface area contributed by atoms with E-state index in [1.807, 2.05) is 55.6 Å². The van der Waals surface area contributed by atoms with Crippen LogP contribution in [0.5, 0.6) is 0 Å². The summed E-state index contributed by atoms with van der Waals surface area (Å²) in [6, 6.07) is 18.4. The zero-order valence-electron chi connectivity index (χ0n) is 12.0. The first-order chi connectivity index (χ1) is 10.2. The molecule has 1 aliphatic heterocycles. The molecule has 0 radical (unpaired) electrons. The molecule has 3 rings (SSSR count). The van der Waals surface area contributed by atoms with Gasteiger partial charge < -0.3 is 0 Å². The summed E-state index contributed by atoms with van der Waals surface area (Å²) in [6.07, 6.45) is 1.82. The summed E-state index contributed by atoms with van der Waals surface area (Å²) in [5, 5.41) is 0. The Labute approximate surface area is 127 Å². The predicted molar refractivity (Wildman–Crippen MR) is 86.7 cm³/mol. The van der Waals surface area contributed by atoms with Crippen LogP contribution in [0, 0.1) is 6.92 Å². The van der Waals surface area contributed by atoms with Crippen molar-refractivity contribution in [2.45, 2.75) is 24.4 Å². The fourth-order valence-corrected chi connectivity index (χ4v) is 2.92. The van der Waals surface area contributed by atoms with Crippen LogP contribution in [-0.4, -0.2) is 27.9 Å². The van der Waals surface area contributed by atoms with E-state index < -0.39 is 11.0 Å². The first-order valence-corrected chi connectivity index (χ1v) is 8.14. The first-order valence-electron chi connectivity index (χ1n) is 7.03. The van der Waals surface area contributed by atoms with Crippen molar-refractivity contribution in [3.63, 3.8) is 0 Å². The highest BCUT2D eigenvalue weighted by Crippen LogP contribution is 2.20. The monoisotopic (exact) mass is 298 g/mol. The molecule has 0 aromatic heterocycles. The Kier molecular flexibility index (Phi) is 4.27. The standard InChI is InChI=1S/C17H18N2OS/c1-14-7-9-17(10-8-14)21(20)18-11-16-13-19(16)12-15-5-3-2-4-6-15/h2-11,16H,12-13H2,1H3/b18-11+/t16-,19?,21-/m0/s1. The van der Waals surface area contributed by atoms with E-state index in [-0.39, 0.29) is 0 Å². The van der Waals surface area contributed by atoms with Gasteiger partial charge in [0, 0.05) is 19.3 Å². The SMILES string of the molecule is Cc1ccc([S@](=O)/N=C/[C@H]2CN2Cc2ccccc2)cc1. The highest BCUT2D eigenvalue weighted by Gasteiger charge is 2.32. The lowest BCUT2D eigenvalue weighted by atomic mass is 10.2. The van der Waals surface area contributed by atoms with Gasteiger partial charge in [0.25, 0.3) is 0 Å². The molecule has 2 aromatic carbocycles. The van der Waals surface area contributed by atoms with Crippen LogP contribution in [0.3, 0.4) is 0 Å². The van der Waals surface area contributed by atoms with Gasteiger partial charge in [-0.3, -0.25) is 4.90 Å². The van der Waals surface area contributed by atoms with Gasteiger partial charge in [-0.1, -0.05) is 48.0 Å². The van der Waals surface area contributed by atoms with Gasteiger partial charge in [-0.25, -0.2) is 4.21 Å². The molecule has 21 heavy (non-hydrogen) atoms. The number of rotatable bonds is 5. The quantitative estimate of drug-likeness (QED) is 0.628. The molecule has 0 amide bonds. The summed E-state index contributed by atoms with van der Waals surface area (Å²) in [5.41, 5.74) is 2.46. The largest absolute Gasteiger partial charge is 0.288 e. The van der Waals surface area contributed by atoms with Crippen molar-refractivity contribution in [2.24, 2.45) is 4.40 Å². The smallest absolute Gasteiger partial charge is 0.172 e. The lowest BCUT2D eigenvalue weighted by Gasteiger charge is -2.01. The van der Waals surface area contributed by atoms with E-state index in [0.29, 0.717) is 6.04 Å². The van der Waals surface area contributed by atoms with Crippen molar-refractivity contribution in [1.29, 1.82) is 0 Å². The summed E-state index contributed by atoms with van der Waals surface area (Å²) in [4.78, 5) is 3.05. The van der Waals surface area contributed by atoms with Gasteiger partial charge in [0.15, 0.2) is 11.0 Å². The molecule has 0 aliphatic carbocycles. The predicted octanol–water partition coefficient (Wildman–Crippen LogP) is 2.97. The summed E-state index contributed by atoms with van der Waals surface area (Å²) in [7, 11) is -1.29. The molecule has 108 valence electrons. The van der Waals surface area contributed by atoms with Crippen LogP contribution >= 0.6 is 0 Å². The fraction of sp³-hybridized carbons (Fsp3) is 0.235. The van der Waals surface area contributed by atoms with Crippen molar-refractivity contribution >= 4 is 17.2 Å². The zero-order chi connectivity index (χ0) is 14.7. The normalized spacial score (nSPS) is 22.3. The van der Waals surface area contributed by atoms with Crippen LogP contribution in [0.2, 0.25) is 0 Å². The van der Waals surface area contributed by atoms with Crippen LogP contribution in [0.25, 0.3) is 0 Å². The zero-order valence-corrected chi connectivity index (χ0v) is 12.8.